The third-order valence-corrected chi connectivity index (χ3v) is 8.33. The van der Waals surface area contributed by atoms with Crippen molar-refractivity contribution in [2.24, 2.45) is 5.92 Å². The lowest BCUT2D eigenvalue weighted by Crippen LogP contribution is -2.52. The zero-order valence-corrected chi connectivity index (χ0v) is 19.9. The molecule has 2 saturated heterocycles. The number of piperidine rings is 1. The Hall–Kier alpha value is -2.94. The molecule has 0 N–H and O–H groups in total. The molecule has 0 saturated carbocycles. The number of benzene rings is 2. The second kappa shape index (κ2) is 8.08. The Bertz CT molecular complexity index is 1240. The topological polar surface area (TPSA) is 62.6 Å². The van der Waals surface area contributed by atoms with Gasteiger partial charge in [-0.15, -0.1) is 0 Å². The molecule has 34 heavy (non-hydrogen) atoms. The molecule has 5 nitrogen and oxygen atoms in total. The van der Waals surface area contributed by atoms with E-state index in [-0.39, 0.29) is 11.2 Å². The fourth-order valence-corrected chi connectivity index (χ4v) is 6.05. The second-order valence-corrected chi connectivity index (χ2v) is 10.7. The van der Waals surface area contributed by atoms with Crippen molar-refractivity contribution in [2.45, 2.75) is 44.6 Å². The summed E-state index contributed by atoms with van der Waals surface area (Å²) in [6.07, 6.45) is 3.03. The van der Waals surface area contributed by atoms with E-state index in [4.69, 9.17) is 9.47 Å². The van der Waals surface area contributed by atoms with Crippen molar-refractivity contribution in [3.63, 3.8) is 0 Å². The van der Waals surface area contributed by atoms with Crippen LogP contribution in [0.2, 0.25) is 0 Å². The molecule has 0 bridgehead atoms. The third-order valence-electron chi connectivity index (χ3n) is 8.33. The Morgan fingerprint density at radius 3 is 2.59 bits per heavy atom. The van der Waals surface area contributed by atoms with E-state index in [0.717, 1.165) is 84.9 Å². The van der Waals surface area contributed by atoms with Crippen molar-refractivity contribution in [3.05, 3.63) is 69.8 Å². The number of fused-ring (bicyclic) bond motifs is 3. The van der Waals surface area contributed by atoms with Crippen molar-refractivity contribution in [1.82, 2.24) is 4.90 Å². The smallest absolute Gasteiger partial charge is 0.193 e. The van der Waals surface area contributed by atoms with Crippen LogP contribution in [-0.2, 0) is 16.6 Å². The van der Waals surface area contributed by atoms with E-state index in [2.05, 4.69) is 30.9 Å². The van der Waals surface area contributed by atoms with Gasteiger partial charge in [-0.3, -0.25) is 9.69 Å². The zero-order valence-electron chi connectivity index (χ0n) is 19.9. The van der Waals surface area contributed by atoms with Gasteiger partial charge >= 0.3 is 0 Å². The summed E-state index contributed by atoms with van der Waals surface area (Å²) < 4.78 is 11.6. The fraction of sp³-hybridized carbons (Fsp3) is 0.448. The number of allylic oxidation sites excluding steroid dienone is 2. The van der Waals surface area contributed by atoms with Gasteiger partial charge in [-0.05, 0) is 90.9 Å². The Morgan fingerprint density at radius 2 is 1.88 bits per heavy atom. The zero-order chi connectivity index (χ0) is 23.4. The van der Waals surface area contributed by atoms with Gasteiger partial charge in [0.1, 0.15) is 5.75 Å². The molecule has 174 valence electrons. The monoisotopic (exact) mass is 454 g/mol. The largest absolute Gasteiger partial charge is 0.493 e. The van der Waals surface area contributed by atoms with Crippen LogP contribution in [0.4, 0.5) is 0 Å². The Labute approximate surface area is 201 Å². The van der Waals surface area contributed by atoms with Crippen LogP contribution in [0.3, 0.4) is 0 Å². The first-order chi connectivity index (χ1) is 16.5. The highest BCUT2D eigenvalue weighted by Gasteiger charge is 2.43. The number of carbonyl (C=O) groups is 1. The number of carbonyl (C=O) groups excluding carboxylic acids is 1. The number of nitriles is 1. The summed E-state index contributed by atoms with van der Waals surface area (Å²) in [7, 11) is 0. The van der Waals surface area contributed by atoms with Gasteiger partial charge in [-0.2, -0.15) is 5.26 Å². The minimum atomic E-state index is -0.278. The van der Waals surface area contributed by atoms with Crippen LogP contribution in [0.5, 0.6) is 5.75 Å². The second-order valence-electron chi connectivity index (χ2n) is 10.7. The molecule has 0 aromatic heterocycles. The van der Waals surface area contributed by atoms with Gasteiger partial charge < -0.3 is 9.47 Å². The van der Waals surface area contributed by atoms with Crippen LogP contribution in [0.1, 0.15) is 59.3 Å². The van der Waals surface area contributed by atoms with Crippen molar-refractivity contribution in [2.75, 3.05) is 32.9 Å². The van der Waals surface area contributed by atoms with E-state index < -0.39 is 0 Å². The molecule has 4 aliphatic rings. The third kappa shape index (κ3) is 3.40. The molecule has 5 heteroatoms. The maximum Gasteiger partial charge on any atom is 0.193 e. The molecule has 2 heterocycles. The molecule has 0 spiro atoms. The number of Topliss-reactive ketones (excluding diaryl/α,β-unsaturated/α-hetero) is 1. The fourth-order valence-electron chi connectivity index (χ4n) is 6.05. The standard InChI is InChI=1S/C29H30N2O3/c1-29(2)25-13-22(34-15-18-7-9-31(10-8-18)21-16-33-17-21)4-6-24(25)28(32)27-23-5-3-19(14-30)11-20(23)12-26(27)29/h3-6,11,13,18,21H,7-10,12,15-17H2,1-2H3. The highest BCUT2D eigenvalue weighted by atomic mass is 16.5. The maximum atomic E-state index is 13.6. The molecule has 6 rings (SSSR count). The summed E-state index contributed by atoms with van der Waals surface area (Å²) in [4.78, 5) is 16.1. The van der Waals surface area contributed by atoms with Crippen molar-refractivity contribution in [1.29, 1.82) is 5.26 Å². The van der Waals surface area contributed by atoms with Crippen molar-refractivity contribution in [3.8, 4) is 11.8 Å². The van der Waals surface area contributed by atoms with E-state index >= 15 is 0 Å². The quantitative estimate of drug-likeness (QED) is 0.679. The minimum Gasteiger partial charge on any atom is -0.493 e. The predicted octanol–water partition coefficient (Wildman–Crippen LogP) is 4.53. The van der Waals surface area contributed by atoms with Gasteiger partial charge in [-0.1, -0.05) is 19.9 Å². The van der Waals surface area contributed by atoms with Gasteiger partial charge in [0.15, 0.2) is 5.78 Å². The first-order valence-corrected chi connectivity index (χ1v) is 12.4. The summed E-state index contributed by atoms with van der Waals surface area (Å²) >= 11 is 0. The average molecular weight is 455 g/mol. The van der Waals surface area contributed by atoms with E-state index in [1.165, 1.54) is 0 Å². The number of likely N-dealkylation sites (tertiary alicyclic amines) is 1. The number of nitrogens with zero attached hydrogens (tertiary/aromatic N) is 2. The number of ether oxygens (including phenoxy) is 2. The van der Waals surface area contributed by atoms with Crippen LogP contribution in [-0.4, -0.2) is 49.6 Å². The lowest BCUT2D eigenvalue weighted by Gasteiger charge is -2.41. The summed E-state index contributed by atoms with van der Waals surface area (Å²) in [5, 5.41) is 9.30. The van der Waals surface area contributed by atoms with E-state index in [0.29, 0.717) is 23.9 Å². The molecule has 2 aliphatic heterocycles. The summed E-state index contributed by atoms with van der Waals surface area (Å²) in [5.41, 5.74) is 6.22. The van der Waals surface area contributed by atoms with Crippen LogP contribution < -0.4 is 4.74 Å². The van der Waals surface area contributed by atoms with Crippen LogP contribution >= 0.6 is 0 Å². The van der Waals surface area contributed by atoms with Crippen molar-refractivity contribution < 1.29 is 14.3 Å². The van der Waals surface area contributed by atoms with E-state index in [1.54, 1.807) is 0 Å². The molecule has 2 fully saturated rings. The van der Waals surface area contributed by atoms with Crippen molar-refractivity contribution >= 4 is 11.4 Å². The SMILES string of the molecule is CC1(C)C2=C(C(=O)c3ccc(OCC4CCN(C5COC5)CC4)cc31)c1ccc(C#N)cc1C2. The summed E-state index contributed by atoms with van der Waals surface area (Å²) in [5.74, 6) is 1.50. The van der Waals surface area contributed by atoms with Gasteiger partial charge in [0.2, 0.25) is 0 Å². The molecule has 2 aromatic rings. The van der Waals surface area contributed by atoms with Crippen LogP contribution in [0, 0.1) is 17.2 Å². The van der Waals surface area contributed by atoms with Gasteiger partial charge in [0.25, 0.3) is 0 Å². The van der Waals surface area contributed by atoms with Gasteiger partial charge in [0, 0.05) is 16.6 Å². The van der Waals surface area contributed by atoms with Crippen LogP contribution in [0.15, 0.2) is 42.0 Å². The predicted molar refractivity (Wildman–Crippen MR) is 130 cm³/mol. The molecule has 0 unspecified atom stereocenters. The Kier molecular flexibility index (Phi) is 5.13. The van der Waals surface area contributed by atoms with E-state index in [1.807, 2.05) is 30.3 Å². The highest BCUT2D eigenvalue weighted by Crippen LogP contribution is 2.50. The first kappa shape index (κ1) is 21.6. The molecular formula is C29H30N2O3. The number of hydrogen-bond acceptors (Lipinski definition) is 5. The van der Waals surface area contributed by atoms with E-state index in [9.17, 15) is 10.1 Å². The molecule has 0 amide bonds. The Balaban J connectivity index is 1.20. The number of rotatable bonds is 4. The summed E-state index contributed by atoms with van der Waals surface area (Å²) in [6, 6.07) is 14.5. The molecule has 0 atom stereocenters. The molecular weight excluding hydrogens is 424 g/mol. The lowest BCUT2D eigenvalue weighted by atomic mass is 9.68. The maximum absolute atomic E-state index is 13.6. The molecule has 2 aromatic carbocycles. The minimum absolute atomic E-state index is 0.0895. The summed E-state index contributed by atoms with van der Waals surface area (Å²) in [6.45, 7) is 9.14. The van der Waals surface area contributed by atoms with Crippen LogP contribution in [0.25, 0.3) is 5.57 Å². The number of ketones is 1. The first-order valence-electron chi connectivity index (χ1n) is 12.4. The van der Waals surface area contributed by atoms with Gasteiger partial charge in [0.05, 0.1) is 37.5 Å². The number of hydrogen-bond donors (Lipinski definition) is 0. The highest BCUT2D eigenvalue weighted by molar-refractivity contribution is 6.33. The normalized spacial score (nSPS) is 22.0. The molecule has 0 radical (unpaired) electrons. The lowest BCUT2D eigenvalue weighted by molar-refractivity contribution is -0.0750. The average Bonchev–Trinajstić information content (AvgIpc) is 3.21. The Morgan fingerprint density at radius 1 is 1.12 bits per heavy atom. The molecule has 2 aliphatic carbocycles. The van der Waals surface area contributed by atoms with Gasteiger partial charge in [-0.25, -0.2) is 0 Å².